The molecule has 3 aliphatic heterocycles. The van der Waals surface area contributed by atoms with Crippen LogP contribution in [0.25, 0.3) is 11.1 Å². The fourth-order valence-electron chi connectivity index (χ4n) is 6.21. The Bertz CT molecular complexity index is 1990. The van der Waals surface area contributed by atoms with E-state index in [4.69, 9.17) is 15.1 Å². The van der Waals surface area contributed by atoms with E-state index in [-0.39, 0.29) is 10.8 Å². The van der Waals surface area contributed by atoms with Gasteiger partial charge in [0.15, 0.2) is 0 Å². The summed E-state index contributed by atoms with van der Waals surface area (Å²) in [5.74, 6) is 0. The molecular weight excluding hydrogens is 490 g/mol. The molecule has 0 saturated heterocycles. The molecule has 0 radical (unpaired) electrons. The van der Waals surface area contributed by atoms with E-state index in [0.717, 1.165) is 55.4 Å². The Kier molecular flexibility index (Phi) is 5.21. The van der Waals surface area contributed by atoms with Gasteiger partial charge in [0.1, 0.15) is 0 Å². The van der Waals surface area contributed by atoms with Crippen LogP contribution in [0, 0.1) is 21.3 Å². The summed E-state index contributed by atoms with van der Waals surface area (Å²) in [7, 11) is 0. The molecular formula is C35H33N5. The molecule has 3 heterocycles. The number of anilines is 1. The molecule has 198 valence electrons. The van der Waals surface area contributed by atoms with Crippen molar-refractivity contribution in [3.63, 3.8) is 0 Å². The third kappa shape index (κ3) is 3.64. The molecule has 7 rings (SSSR count). The molecule has 0 unspecified atom stereocenters. The Morgan fingerprint density at radius 3 is 2.12 bits per heavy atom. The maximum absolute atomic E-state index is 5.12. The molecule has 0 saturated carbocycles. The van der Waals surface area contributed by atoms with Crippen LogP contribution in [0.3, 0.4) is 0 Å². The molecule has 5 heteroatoms. The lowest BCUT2D eigenvalue weighted by Crippen LogP contribution is -2.46. The first kappa shape index (κ1) is 24.5. The first-order chi connectivity index (χ1) is 19.1. The summed E-state index contributed by atoms with van der Waals surface area (Å²) in [5, 5.41) is 11.6. The molecule has 4 aromatic rings. The van der Waals surface area contributed by atoms with Crippen LogP contribution >= 0.6 is 0 Å². The molecule has 0 bridgehead atoms. The van der Waals surface area contributed by atoms with E-state index in [9.17, 15) is 0 Å². The molecule has 0 aliphatic carbocycles. The second-order valence-electron chi connectivity index (χ2n) is 12.8. The molecule has 1 N–H and O–H groups in total. The molecule has 0 fully saturated rings. The number of fused-ring (bicyclic) bond motifs is 6. The number of para-hydroxylation sites is 2. The molecule has 3 aliphatic rings. The number of nitrogens with one attached hydrogen (secondary N) is 1. The number of nitrogens with zero attached hydrogens (tertiary/aromatic N) is 4. The van der Waals surface area contributed by atoms with Gasteiger partial charge in [0.05, 0.1) is 39.2 Å². The van der Waals surface area contributed by atoms with Crippen molar-refractivity contribution < 1.29 is 0 Å². The topological polar surface area (TPSA) is 52.3 Å². The average molecular weight is 524 g/mol. The lowest BCUT2D eigenvalue weighted by atomic mass is 9.73. The summed E-state index contributed by atoms with van der Waals surface area (Å²) < 4.78 is 0. The van der Waals surface area contributed by atoms with E-state index in [1.54, 1.807) is 0 Å². The maximum Gasteiger partial charge on any atom is 0.0984 e. The Hall–Kier alpha value is -4.51. The zero-order valence-electron chi connectivity index (χ0n) is 23.9. The highest BCUT2D eigenvalue weighted by atomic mass is 15.7. The zero-order valence-corrected chi connectivity index (χ0v) is 23.9. The van der Waals surface area contributed by atoms with Gasteiger partial charge in [-0.15, -0.1) is 0 Å². The van der Waals surface area contributed by atoms with E-state index in [0.29, 0.717) is 0 Å². The Labute approximate surface area is 234 Å². The lowest BCUT2D eigenvalue weighted by molar-refractivity contribution is 0.423. The number of hydrazine groups is 1. The second-order valence-corrected chi connectivity index (χ2v) is 12.8. The minimum atomic E-state index is -0.183. The first-order valence-corrected chi connectivity index (χ1v) is 13.9. The molecule has 0 amide bonds. The summed E-state index contributed by atoms with van der Waals surface area (Å²) in [6.45, 7) is 13.7. The summed E-state index contributed by atoms with van der Waals surface area (Å²) in [6.07, 6.45) is 0. The number of hydrazone groups is 1. The molecule has 40 heavy (non-hydrogen) atoms. The van der Waals surface area contributed by atoms with E-state index >= 15 is 0 Å². The van der Waals surface area contributed by atoms with Gasteiger partial charge in [-0.1, -0.05) is 90.1 Å². The van der Waals surface area contributed by atoms with Gasteiger partial charge in [-0.05, 0) is 41.8 Å². The highest BCUT2D eigenvalue weighted by molar-refractivity contribution is 6.19. The SMILES string of the molecule is CC(C)(C)C1=C(C(C)(C)C)N(c2ccccc2)NN=C1c1cccc2c1-c1c3c(ccc1=N2)=c1ccccc1=N3. The lowest BCUT2D eigenvalue weighted by Gasteiger charge is -2.43. The number of benzene rings is 4. The van der Waals surface area contributed by atoms with E-state index < -0.39 is 0 Å². The van der Waals surface area contributed by atoms with Crippen molar-refractivity contribution in [3.8, 4) is 11.1 Å². The number of rotatable bonds is 2. The zero-order chi connectivity index (χ0) is 27.8. The van der Waals surface area contributed by atoms with Crippen LogP contribution in [0.2, 0.25) is 0 Å². The predicted molar refractivity (Wildman–Crippen MR) is 162 cm³/mol. The molecule has 0 atom stereocenters. The number of hydrogen-bond donors (Lipinski definition) is 1. The monoisotopic (exact) mass is 523 g/mol. The highest BCUT2D eigenvalue weighted by Crippen LogP contribution is 2.47. The van der Waals surface area contributed by atoms with Gasteiger partial charge in [0.2, 0.25) is 0 Å². The number of hydrogen-bond acceptors (Lipinski definition) is 5. The Morgan fingerprint density at radius 1 is 0.625 bits per heavy atom. The quantitative estimate of drug-likeness (QED) is 0.260. The molecule has 0 spiro atoms. The maximum atomic E-state index is 5.12. The normalized spacial score (nSPS) is 15.3. The van der Waals surface area contributed by atoms with Crippen molar-refractivity contribution in [2.45, 2.75) is 41.5 Å². The van der Waals surface area contributed by atoms with Crippen LogP contribution in [0.4, 0.5) is 17.1 Å². The van der Waals surface area contributed by atoms with Gasteiger partial charge in [-0.25, -0.2) is 20.5 Å². The van der Waals surface area contributed by atoms with Gasteiger partial charge < -0.3 is 0 Å². The van der Waals surface area contributed by atoms with Gasteiger partial charge >= 0.3 is 0 Å². The van der Waals surface area contributed by atoms with Gasteiger partial charge in [0.25, 0.3) is 0 Å². The van der Waals surface area contributed by atoms with E-state index in [1.807, 2.05) is 12.1 Å². The van der Waals surface area contributed by atoms with Crippen molar-refractivity contribution in [2.75, 3.05) is 5.01 Å². The van der Waals surface area contributed by atoms with E-state index in [1.165, 1.54) is 16.5 Å². The first-order valence-electron chi connectivity index (χ1n) is 13.9. The minimum Gasteiger partial charge on any atom is -0.248 e. The Morgan fingerprint density at radius 2 is 1.38 bits per heavy atom. The highest BCUT2D eigenvalue weighted by Gasteiger charge is 2.39. The van der Waals surface area contributed by atoms with Crippen molar-refractivity contribution in [3.05, 3.63) is 123 Å². The second kappa shape index (κ2) is 8.49. The fraction of sp³-hybridized carbons (Fsp3) is 0.229. The third-order valence-corrected chi connectivity index (χ3v) is 7.80. The van der Waals surface area contributed by atoms with Crippen LogP contribution in [0.5, 0.6) is 0 Å². The minimum absolute atomic E-state index is 0.162. The summed E-state index contributed by atoms with van der Waals surface area (Å²) in [4.78, 5) is 10.2. The largest absolute Gasteiger partial charge is 0.248 e. The van der Waals surface area contributed by atoms with Crippen molar-refractivity contribution >= 4 is 22.8 Å². The summed E-state index contributed by atoms with van der Waals surface area (Å²) in [6, 6.07) is 29.5. The van der Waals surface area contributed by atoms with Crippen molar-refractivity contribution in [1.29, 1.82) is 0 Å². The fourth-order valence-corrected chi connectivity index (χ4v) is 6.21. The molecule has 5 nitrogen and oxygen atoms in total. The standard InChI is InChI=1S/C35H33N5/c1-34(2,3)30-32(38-39-40(33(30)35(4,5)6)21-13-8-7-9-14-21)24-16-12-18-26-28(24)29-27(36-26)20-19-23-22-15-10-11-17-25(22)37-31(23)29/h7-20,39H,1-6H3. The van der Waals surface area contributed by atoms with Crippen LogP contribution in [-0.2, 0) is 0 Å². The van der Waals surface area contributed by atoms with Crippen LogP contribution in [0.1, 0.15) is 47.1 Å². The Balaban J connectivity index is 1.51. The molecule has 0 aromatic heterocycles. The summed E-state index contributed by atoms with van der Waals surface area (Å²) in [5.41, 5.74) is 12.8. The van der Waals surface area contributed by atoms with Gasteiger partial charge in [-0.3, -0.25) is 0 Å². The predicted octanol–water partition coefficient (Wildman–Crippen LogP) is 7.25. The third-order valence-electron chi connectivity index (χ3n) is 7.80. The number of allylic oxidation sites excluding steroid dienone is 2. The molecule has 4 aromatic carbocycles. The van der Waals surface area contributed by atoms with Gasteiger partial charge in [-0.2, -0.15) is 5.10 Å². The van der Waals surface area contributed by atoms with Crippen LogP contribution in [-0.4, -0.2) is 5.71 Å². The van der Waals surface area contributed by atoms with Crippen LogP contribution in [0.15, 0.2) is 111 Å². The average Bonchev–Trinajstić information content (AvgIpc) is 3.50. The van der Waals surface area contributed by atoms with Crippen molar-refractivity contribution in [2.24, 2.45) is 25.9 Å². The van der Waals surface area contributed by atoms with Crippen LogP contribution < -0.4 is 21.3 Å². The smallest absolute Gasteiger partial charge is 0.0984 e. The van der Waals surface area contributed by atoms with Crippen molar-refractivity contribution in [1.82, 2.24) is 5.53 Å². The summed E-state index contributed by atoms with van der Waals surface area (Å²) >= 11 is 0. The van der Waals surface area contributed by atoms with Gasteiger partial charge in [0, 0.05) is 38.1 Å². The van der Waals surface area contributed by atoms with E-state index in [2.05, 4.69) is 125 Å².